The molecule has 0 unspecified atom stereocenters. The molecule has 5 N–H and O–H groups in total. The normalized spacial score (nSPS) is 12.0. The molecule has 0 aliphatic carbocycles. The molecule has 1 amide bonds. The Bertz CT molecular complexity index is 818. The summed E-state index contributed by atoms with van der Waals surface area (Å²) in [6.07, 6.45) is 4.69. The fourth-order valence-corrected chi connectivity index (χ4v) is 4.28. The van der Waals surface area contributed by atoms with Crippen molar-refractivity contribution >= 4 is 50.5 Å². The van der Waals surface area contributed by atoms with Gasteiger partial charge in [0.05, 0.1) is 5.69 Å². The number of nitrogens with two attached hydrogens (primary N) is 1. The molecule has 0 saturated carbocycles. The Morgan fingerprint density at radius 2 is 2.07 bits per heavy atom. The maximum absolute atomic E-state index is 12.5. The molecule has 0 fully saturated rings. The van der Waals surface area contributed by atoms with Gasteiger partial charge in [-0.1, -0.05) is 33.1 Å². The van der Waals surface area contributed by atoms with Crippen LogP contribution < -0.4 is 21.9 Å². The van der Waals surface area contributed by atoms with Crippen LogP contribution in [-0.4, -0.2) is 22.5 Å². The topological polar surface area (TPSA) is 92.1 Å². The smallest absolute Gasteiger partial charge is 0.281 e. The number of nitrogen functional groups attached to an aromatic ring is 1. The van der Waals surface area contributed by atoms with Crippen LogP contribution in [0.3, 0.4) is 0 Å². The van der Waals surface area contributed by atoms with E-state index in [0.29, 0.717) is 21.6 Å². The fourth-order valence-electron chi connectivity index (χ4n) is 3.03. The number of carbonyl (C=O) groups excluding carboxylic acids is 1. The molecule has 1 atom stereocenters. The quantitative estimate of drug-likeness (QED) is 0.412. The number of unbranched alkanes of at least 4 members (excludes halogenated alkanes) is 1. The largest absolute Gasteiger partial charge is 0.397 e. The van der Waals surface area contributed by atoms with Gasteiger partial charge in [-0.2, -0.15) is 0 Å². The summed E-state index contributed by atoms with van der Waals surface area (Å²) in [5.74, 6) is 0.269. The van der Waals surface area contributed by atoms with E-state index in [4.69, 9.17) is 18.0 Å². The molecule has 2 aromatic rings. The first-order chi connectivity index (χ1) is 12.9. The minimum atomic E-state index is -0.310. The van der Waals surface area contributed by atoms with E-state index in [1.165, 1.54) is 30.6 Å². The summed E-state index contributed by atoms with van der Waals surface area (Å²) in [6, 6.07) is 1.97. The van der Waals surface area contributed by atoms with Crippen LogP contribution in [-0.2, 0) is 0 Å². The van der Waals surface area contributed by atoms with Gasteiger partial charge in [0.25, 0.3) is 5.91 Å². The molecule has 8 heteroatoms. The van der Waals surface area contributed by atoms with Crippen molar-refractivity contribution in [1.82, 2.24) is 21.2 Å². The highest BCUT2D eigenvalue weighted by molar-refractivity contribution is 7.80. The lowest BCUT2D eigenvalue weighted by Gasteiger charge is -2.17. The van der Waals surface area contributed by atoms with Crippen molar-refractivity contribution in [3.8, 4) is 0 Å². The zero-order valence-corrected chi connectivity index (χ0v) is 18.1. The number of thiophene rings is 1. The van der Waals surface area contributed by atoms with Gasteiger partial charge in [0.1, 0.15) is 9.71 Å². The van der Waals surface area contributed by atoms with Gasteiger partial charge in [-0.05, 0) is 50.0 Å². The maximum Gasteiger partial charge on any atom is 0.281 e. The highest BCUT2D eigenvalue weighted by Crippen LogP contribution is 2.34. The highest BCUT2D eigenvalue weighted by Gasteiger charge is 2.19. The van der Waals surface area contributed by atoms with E-state index in [1.54, 1.807) is 0 Å². The fraction of sp³-hybridized carbons (Fsp3) is 0.526. The second-order valence-electron chi connectivity index (χ2n) is 6.81. The Morgan fingerprint density at radius 3 is 2.74 bits per heavy atom. The van der Waals surface area contributed by atoms with Crippen LogP contribution in [0.4, 0.5) is 5.69 Å². The van der Waals surface area contributed by atoms with E-state index >= 15 is 0 Å². The molecule has 0 radical (unpaired) electrons. The average Bonchev–Trinajstić information content (AvgIpc) is 2.96. The van der Waals surface area contributed by atoms with Gasteiger partial charge >= 0.3 is 0 Å². The van der Waals surface area contributed by atoms with Crippen molar-refractivity contribution < 1.29 is 4.79 Å². The number of hydrazine groups is 1. The van der Waals surface area contributed by atoms with Crippen LogP contribution in [0.5, 0.6) is 0 Å². The Morgan fingerprint density at radius 1 is 1.33 bits per heavy atom. The summed E-state index contributed by atoms with van der Waals surface area (Å²) in [4.78, 5) is 18.2. The van der Waals surface area contributed by atoms with Crippen molar-refractivity contribution in [2.45, 2.75) is 53.4 Å². The number of nitrogens with one attached hydrogen (secondary N) is 3. The number of hydrogen-bond donors (Lipinski definition) is 4. The van der Waals surface area contributed by atoms with E-state index < -0.39 is 0 Å². The first kappa shape index (κ1) is 21.4. The number of anilines is 1. The zero-order valence-electron chi connectivity index (χ0n) is 16.4. The standard InChI is InChI=1S/C19H29N5OS2/c1-5-7-8-13(6-2)10-21-19(26)24-23-17(25)16-15(20)14-11(3)9-12(4)22-18(14)27-16/h9,13H,5-8,10,20H2,1-4H3,(H,23,25)(H2,21,24,26)/t13-/m1/s1. The molecule has 2 heterocycles. The SMILES string of the molecule is CCCC[C@@H](CC)CNC(=S)NNC(=O)c1sc2nc(C)cc(C)c2c1N. The van der Waals surface area contributed by atoms with E-state index in [-0.39, 0.29) is 5.91 Å². The van der Waals surface area contributed by atoms with Crippen molar-refractivity contribution in [2.24, 2.45) is 5.92 Å². The van der Waals surface area contributed by atoms with Crippen LogP contribution in [0.25, 0.3) is 10.2 Å². The van der Waals surface area contributed by atoms with Gasteiger partial charge in [0.2, 0.25) is 0 Å². The lowest BCUT2D eigenvalue weighted by molar-refractivity contribution is 0.0948. The van der Waals surface area contributed by atoms with Crippen molar-refractivity contribution in [1.29, 1.82) is 0 Å². The van der Waals surface area contributed by atoms with Crippen molar-refractivity contribution in [2.75, 3.05) is 12.3 Å². The summed E-state index contributed by atoms with van der Waals surface area (Å²) in [7, 11) is 0. The summed E-state index contributed by atoms with van der Waals surface area (Å²) >= 11 is 6.55. The molecule has 2 aromatic heterocycles. The molecule has 0 aliphatic heterocycles. The van der Waals surface area contributed by atoms with Gasteiger partial charge in [-0.15, -0.1) is 11.3 Å². The first-order valence-electron chi connectivity index (χ1n) is 9.37. The number of amides is 1. The van der Waals surface area contributed by atoms with Gasteiger partial charge in [0.15, 0.2) is 5.11 Å². The Kier molecular flexibility index (Phi) is 7.79. The lowest BCUT2D eigenvalue weighted by Crippen LogP contribution is -2.47. The van der Waals surface area contributed by atoms with Gasteiger partial charge in [0, 0.05) is 17.6 Å². The number of aromatic nitrogens is 1. The molecule has 0 spiro atoms. The zero-order chi connectivity index (χ0) is 20.0. The van der Waals surface area contributed by atoms with Crippen molar-refractivity contribution in [3.05, 3.63) is 22.2 Å². The number of thiocarbonyl (C=S) groups is 1. The van der Waals surface area contributed by atoms with Crippen LogP contribution >= 0.6 is 23.6 Å². The Balaban J connectivity index is 1.94. The van der Waals surface area contributed by atoms with E-state index in [0.717, 1.165) is 34.4 Å². The molecule has 0 aliphatic rings. The molecule has 27 heavy (non-hydrogen) atoms. The van der Waals surface area contributed by atoms with E-state index in [1.807, 2.05) is 19.9 Å². The first-order valence-corrected chi connectivity index (χ1v) is 10.6. The number of fused-ring (bicyclic) bond motifs is 1. The third-order valence-corrected chi connectivity index (χ3v) is 5.96. The number of pyridine rings is 1. The molecule has 0 bridgehead atoms. The van der Waals surface area contributed by atoms with Gasteiger partial charge in [-0.3, -0.25) is 15.6 Å². The van der Waals surface area contributed by atoms with Crippen LogP contribution in [0, 0.1) is 19.8 Å². The summed E-state index contributed by atoms with van der Waals surface area (Å²) in [5, 5.41) is 4.42. The average molecular weight is 408 g/mol. The molecule has 0 saturated heterocycles. The third-order valence-electron chi connectivity index (χ3n) is 4.61. The predicted molar refractivity (Wildman–Crippen MR) is 118 cm³/mol. The molecule has 2 rings (SSSR count). The second kappa shape index (κ2) is 9.85. The molecular formula is C19H29N5OS2. The van der Waals surface area contributed by atoms with Crippen LogP contribution in [0.2, 0.25) is 0 Å². The highest BCUT2D eigenvalue weighted by atomic mass is 32.1. The number of hydrogen-bond acceptors (Lipinski definition) is 5. The van der Waals surface area contributed by atoms with Crippen molar-refractivity contribution in [3.63, 3.8) is 0 Å². The van der Waals surface area contributed by atoms with E-state index in [9.17, 15) is 4.79 Å². The maximum atomic E-state index is 12.5. The van der Waals surface area contributed by atoms with Gasteiger partial charge < -0.3 is 11.1 Å². The monoisotopic (exact) mass is 407 g/mol. The minimum Gasteiger partial charge on any atom is -0.397 e. The second-order valence-corrected chi connectivity index (χ2v) is 8.22. The summed E-state index contributed by atoms with van der Waals surface area (Å²) in [5.41, 5.74) is 14.0. The molecule has 0 aromatic carbocycles. The summed E-state index contributed by atoms with van der Waals surface area (Å²) in [6.45, 7) is 9.08. The Hall–Kier alpha value is -1.93. The minimum absolute atomic E-state index is 0.310. The molecular weight excluding hydrogens is 378 g/mol. The third kappa shape index (κ3) is 5.52. The Labute approximate surface area is 170 Å². The van der Waals surface area contributed by atoms with Gasteiger partial charge in [-0.25, -0.2) is 4.98 Å². The molecule has 148 valence electrons. The predicted octanol–water partition coefficient (Wildman–Crippen LogP) is 3.82. The number of rotatable bonds is 7. The van der Waals surface area contributed by atoms with E-state index in [2.05, 4.69) is 35.0 Å². The van der Waals surface area contributed by atoms with Crippen LogP contribution in [0.1, 0.15) is 60.5 Å². The van der Waals surface area contributed by atoms with Crippen LogP contribution in [0.15, 0.2) is 6.07 Å². The number of carbonyl (C=O) groups is 1. The molecule has 6 nitrogen and oxygen atoms in total. The lowest BCUT2D eigenvalue weighted by atomic mass is 9.99. The number of nitrogens with zero attached hydrogens (tertiary/aromatic N) is 1. The summed E-state index contributed by atoms with van der Waals surface area (Å²) < 4.78 is 0. The number of aryl methyl sites for hydroxylation is 2.